The van der Waals surface area contributed by atoms with Crippen LogP contribution in [0.2, 0.25) is 5.02 Å². The summed E-state index contributed by atoms with van der Waals surface area (Å²) in [6.07, 6.45) is -1.70. The second-order valence-corrected chi connectivity index (χ2v) is 5.35. The Morgan fingerprint density at radius 2 is 2.04 bits per heavy atom. The van der Waals surface area contributed by atoms with Crippen molar-refractivity contribution in [3.8, 4) is 0 Å². The maximum absolute atomic E-state index is 13.1. The summed E-state index contributed by atoms with van der Waals surface area (Å²) in [7, 11) is 0. The van der Waals surface area contributed by atoms with Crippen LogP contribution in [0.3, 0.4) is 0 Å². The molecule has 0 amide bonds. The van der Waals surface area contributed by atoms with Gasteiger partial charge in [0.2, 0.25) is 5.95 Å². The Bertz CT molecular complexity index is 855. The number of alkyl halides is 3. The lowest BCUT2D eigenvalue weighted by atomic mass is 10.1. The van der Waals surface area contributed by atoms with Gasteiger partial charge in [0.25, 0.3) is 0 Å². The van der Waals surface area contributed by atoms with Crippen molar-refractivity contribution in [2.24, 2.45) is 0 Å². The molecular formula is C15H11ClF3N5O. The van der Waals surface area contributed by atoms with Crippen LogP contribution in [0.4, 0.5) is 30.6 Å². The Labute approximate surface area is 145 Å². The Morgan fingerprint density at radius 3 is 2.76 bits per heavy atom. The average Bonchev–Trinajstić information content (AvgIpc) is 3.08. The van der Waals surface area contributed by atoms with Gasteiger partial charge in [0.15, 0.2) is 5.82 Å². The number of hydrogen-bond acceptors (Lipinski definition) is 6. The fourth-order valence-corrected chi connectivity index (χ4v) is 2.19. The number of nitrogens with zero attached hydrogens (tertiary/aromatic N) is 3. The van der Waals surface area contributed by atoms with Crippen molar-refractivity contribution in [1.82, 2.24) is 15.2 Å². The molecule has 2 heterocycles. The van der Waals surface area contributed by atoms with E-state index in [1.165, 1.54) is 24.6 Å². The van der Waals surface area contributed by atoms with E-state index in [0.717, 1.165) is 6.07 Å². The normalized spacial score (nSPS) is 11.4. The molecule has 6 nitrogen and oxygen atoms in total. The van der Waals surface area contributed by atoms with Crippen molar-refractivity contribution in [2.75, 3.05) is 10.6 Å². The molecule has 0 saturated carbocycles. The number of furan rings is 1. The molecule has 10 heteroatoms. The van der Waals surface area contributed by atoms with Gasteiger partial charge in [-0.05, 0) is 30.3 Å². The summed E-state index contributed by atoms with van der Waals surface area (Å²) >= 11 is 5.65. The van der Waals surface area contributed by atoms with Crippen LogP contribution in [-0.4, -0.2) is 15.2 Å². The number of benzene rings is 1. The first-order chi connectivity index (χ1) is 11.9. The summed E-state index contributed by atoms with van der Waals surface area (Å²) in [5.74, 6) is 0.916. The van der Waals surface area contributed by atoms with E-state index in [2.05, 4.69) is 25.8 Å². The molecule has 0 atom stereocenters. The highest BCUT2D eigenvalue weighted by Gasteiger charge is 2.34. The van der Waals surface area contributed by atoms with Crippen molar-refractivity contribution in [3.05, 3.63) is 59.1 Å². The van der Waals surface area contributed by atoms with Crippen LogP contribution in [0.15, 0.2) is 47.2 Å². The molecule has 0 aliphatic carbocycles. The van der Waals surface area contributed by atoms with Gasteiger partial charge >= 0.3 is 6.18 Å². The van der Waals surface area contributed by atoms with E-state index >= 15 is 0 Å². The lowest BCUT2D eigenvalue weighted by Crippen LogP contribution is -2.11. The van der Waals surface area contributed by atoms with Gasteiger partial charge in [-0.3, -0.25) is 0 Å². The lowest BCUT2D eigenvalue weighted by molar-refractivity contribution is -0.136. The summed E-state index contributed by atoms with van der Waals surface area (Å²) in [5.41, 5.74) is -1.14. The van der Waals surface area contributed by atoms with E-state index in [9.17, 15) is 13.2 Å². The van der Waals surface area contributed by atoms with Crippen LogP contribution >= 0.6 is 11.6 Å². The van der Waals surface area contributed by atoms with E-state index in [4.69, 9.17) is 16.0 Å². The van der Waals surface area contributed by atoms with Crippen molar-refractivity contribution in [3.63, 3.8) is 0 Å². The van der Waals surface area contributed by atoms with E-state index in [1.54, 1.807) is 12.1 Å². The maximum Gasteiger partial charge on any atom is 0.418 e. The number of aromatic nitrogens is 3. The monoisotopic (exact) mass is 369 g/mol. The van der Waals surface area contributed by atoms with Crippen molar-refractivity contribution >= 4 is 29.1 Å². The summed E-state index contributed by atoms with van der Waals surface area (Å²) in [4.78, 5) is 4.08. The topological polar surface area (TPSA) is 75.9 Å². The molecule has 0 saturated heterocycles. The van der Waals surface area contributed by atoms with E-state index in [-0.39, 0.29) is 16.7 Å². The third-order valence-electron chi connectivity index (χ3n) is 3.12. The number of anilines is 3. The van der Waals surface area contributed by atoms with Crippen LogP contribution in [0.1, 0.15) is 11.3 Å². The van der Waals surface area contributed by atoms with Gasteiger partial charge in [-0.15, -0.1) is 5.10 Å². The average molecular weight is 370 g/mol. The van der Waals surface area contributed by atoms with Gasteiger partial charge in [-0.2, -0.15) is 23.3 Å². The van der Waals surface area contributed by atoms with E-state index in [1.807, 2.05) is 0 Å². The van der Waals surface area contributed by atoms with Crippen LogP contribution in [-0.2, 0) is 12.7 Å². The Kier molecular flexibility index (Phi) is 4.75. The smallest absolute Gasteiger partial charge is 0.418 e. The molecule has 1 aromatic carbocycles. The fourth-order valence-electron chi connectivity index (χ4n) is 2.01. The SMILES string of the molecule is FC(F)(F)c1cc(Cl)ccc1Nc1nncc(NCc2ccco2)n1. The van der Waals surface area contributed by atoms with Crippen molar-refractivity contribution in [2.45, 2.75) is 12.7 Å². The maximum atomic E-state index is 13.1. The Balaban J connectivity index is 1.78. The van der Waals surface area contributed by atoms with Gasteiger partial charge in [-0.25, -0.2) is 0 Å². The zero-order chi connectivity index (χ0) is 17.9. The highest BCUT2D eigenvalue weighted by atomic mass is 35.5. The predicted octanol–water partition coefficient (Wildman–Crippen LogP) is 4.49. The zero-order valence-corrected chi connectivity index (χ0v) is 13.3. The molecule has 0 radical (unpaired) electrons. The molecule has 0 aliphatic rings. The molecule has 3 rings (SSSR count). The quantitative estimate of drug-likeness (QED) is 0.690. The van der Waals surface area contributed by atoms with Gasteiger partial charge in [0.1, 0.15) is 5.76 Å². The van der Waals surface area contributed by atoms with E-state index in [0.29, 0.717) is 18.1 Å². The fraction of sp³-hybridized carbons (Fsp3) is 0.133. The van der Waals surface area contributed by atoms with Crippen LogP contribution in [0, 0.1) is 0 Å². The summed E-state index contributed by atoms with van der Waals surface area (Å²) in [5, 5.41) is 12.8. The first kappa shape index (κ1) is 17.0. The number of halogens is 4. The van der Waals surface area contributed by atoms with Gasteiger partial charge in [0.05, 0.1) is 30.3 Å². The van der Waals surface area contributed by atoms with Crippen LogP contribution in [0.25, 0.3) is 0 Å². The largest absolute Gasteiger partial charge is 0.467 e. The molecule has 0 spiro atoms. The molecule has 130 valence electrons. The molecule has 0 aliphatic heterocycles. The summed E-state index contributed by atoms with van der Waals surface area (Å²) < 4.78 is 44.5. The Hall–Kier alpha value is -2.81. The van der Waals surface area contributed by atoms with Gasteiger partial charge < -0.3 is 15.1 Å². The minimum absolute atomic E-state index is 0.0224. The summed E-state index contributed by atoms with van der Waals surface area (Å²) in [6, 6.07) is 6.88. The number of rotatable bonds is 5. The van der Waals surface area contributed by atoms with Crippen LogP contribution in [0.5, 0.6) is 0 Å². The van der Waals surface area contributed by atoms with E-state index < -0.39 is 11.7 Å². The predicted molar refractivity (Wildman–Crippen MR) is 85.6 cm³/mol. The minimum atomic E-state index is -4.57. The number of hydrogen-bond donors (Lipinski definition) is 2. The molecule has 0 unspecified atom stereocenters. The first-order valence-electron chi connectivity index (χ1n) is 7.01. The van der Waals surface area contributed by atoms with Gasteiger partial charge in [0, 0.05) is 5.02 Å². The molecular weight excluding hydrogens is 359 g/mol. The Morgan fingerprint density at radius 1 is 1.20 bits per heavy atom. The van der Waals surface area contributed by atoms with Crippen LogP contribution < -0.4 is 10.6 Å². The van der Waals surface area contributed by atoms with Gasteiger partial charge in [-0.1, -0.05) is 11.6 Å². The third kappa shape index (κ3) is 4.38. The standard InChI is InChI=1S/C15H11ClF3N5O/c16-9-3-4-12(11(6-9)15(17,18)19)22-14-23-13(8-21-24-14)20-7-10-2-1-5-25-10/h1-6,8H,7H2,(H2,20,22,23,24). The molecule has 0 fully saturated rings. The van der Waals surface area contributed by atoms with Crippen molar-refractivity contribution in [1.29, 1.82) is 0 Å². The second kappa shape index (κ2) is 6.98. The molecule has 2 N–H and O–H groups in total. The lowest BCUT2D eigenvalue weighted by Gasteiger charge is -2.14. The highest BCUT2D eigenvalue weighted by molar-refractivity contribution is 6.30. The molecule has 25 heavy (non-hydrogen) atoms. The zero-order valence-electron chi connectivity index (χ0n) is 12.5. The first-order valence-corrected chi connectivity index (χ1v) is 7.39. The third-order valence-corrected chi connectivity index (χ3v) is 3.35. The summed E-state index contributed by atoms with van der Waals surface area (Å²) in [6.45, 7) is 0.347. The molecule has 3 aromatic rings. The number of nitrogens with one attached hydrogen (secondary N) is 2. The minimum Gasteiger partial charge on any atom is -0.467 e. The second-order valence-electron chi connectivity index (χ2n) is 4.91. The molecule has 0 bridgehead atoms. The van der Waals surface area contributed by atoms with Crippen molar-refractivity contribution < 1.29 is 17.6 Å². The highest BCUT2D eigenvalue weighted by Crippen LogP contribution is 2.37. The molecule has 2 aromatic heterocycles.